The van der Waals surface area contributed by atoms with Crippen LogP contribution >= 0.6 is 0 Å². The first-order chi connectivity index (χ1) is 3.77. The van der Waals surface area contributed by atoms with Crippen molar-refractivity contribution in [2.24, 2.45) is 15.7 Å². The van der Waals surface area contributed by atoms with E-state index in [1.165, 1.54) is 18.7 Å². The lowest BCUT2D eigenvalue weighted by atomic mass is 10.5. The molecule has 0 saturated carbocycles. The van der Waals surface area contributed by atoms with E-state index in [1.807, 2.05) is 0 Å². The third kappa shape index (κ3) is 0.651. The SMILES string of the molecule is NC1([C]=O)N=CC=N1. The first-order valence-corrected chi connectivity index (χ1v) is 2.04. The molecule has 0 saturated heterocycles. The number of rotatable bonds is 1. The minimum Gasteiger partial charge on any atom is -0.284 e. The molecule has 1 rings (SSSR count). The summed E-state index contributed by atoms with van der Waals surface area (Å²) in [4.78, 5) is 16.8. The van der Waals surface area contributed by atoms with Crippen LogP contribution in [0.1, 0.15) is 0 Å². The zero-order valence-electron chi connectivity index (χ0n) is 4.03. The highest BCUT2D eigenvalue weighted by Crippen LogP contribution is 2.01. The Morgan fingerprint density at radius 3 is 2.25 bits per heavy atom. The van der Waals surface area contributed by atoms with E-state index in [9.17, 15) is 4.79 Å². The predicted molar refractivity (Wildman–Crippen MR) is 29.6 cm³/mol. The molecule has 2 N–H and O–H groups in total. The van der Waals surface area contributed by atoms with Crippen LogP contribution in [0.4, 0.5) is 0 Å². The summed E-state index contributed by atoms with van der Waals surface area (Å²) in [5, 5.41) is 0. The number of nitrogens with zero attached hydrogens (tertiary/aromatic N) is 2. The topological polar surface area (TPSA) is 67.8 Å². The maximum absolute atomic E-state index is 9.85. The second-order valence-corrected chi connectivity index (χ2v) is 1.38. The van der Waals surface area contributed by atoms with Crippen molar-refractivity contribution in [2.75, 3.05) is 0 Å². The van der Waals surface area contributed by atoms with Gasteiger partial charge in [-0.2, -0.15) is 0 Å². The van der Waals surface area contributed by atoms with Gasteiger partial charge in [0.15, 0.2) is 0 Å². The van der Waals surface area contributed by atoms with Crippen LogP contribution in [-0.2, 0) is 4.79 Å². The van der Waals surface area contributed by atoms with E-state index < -0.39 is 5.79 Å². The number of hydrogen-bond acceptors (Lipinski definition) is 4. The quantitative estimate of drug-likeness (QED) is 0.463. The van der Waals surface area contributed by atoms with Gasteiger partial charge in [0.05, 0.1) is 0 Å². The highest BCUT2D eigenvalue weighted by Gasteiger charge is 2.23. The molecule has 0 bridgehead atoms. The van der Waals surface area contributed by atoms with Crippen molar-refractivity contribution < 1.29 is 4.79 Å². The standard InChI is InChI=1S/C4H4N3O/c5-4(3-8)6-1-2-7-4/h1-2H,5H2. The van der Waals surface area contributed by atoms with Gasteiger partial charge in [0.1, 0.15) is 0 Å². The Morgan fingerprint density at radius 1 is 1.50 bits per heavy atom. The van der Waals surface area contributed by atoms with Gasteiger partial charge in [-0.3, -0.25) is 10.5 Å². The maximum atomic E-state index is 9.85. The average Bonchev–Trinajstić information content (AvgIpc) is 2.17. The van der Waals surface area contributed by atoms with Crippen molar-refractivity contribution in [3.63, 3.8) is 0 Å². The third-order valence-corrected chi connectivity index (χ3v) is 0.760. The van der Waals surface area contributed by atoms with Crippen molar-refractivity contribution in [1.82, 2.24) is 0 Å². The van der Waals surface area contributed by atoms with Gasteiger partial charge in [0.2, 0.25) is 0 Å². The highest BCUT2D eigenvalue weighted by molar-refractivity contribution is 6.18. The molecule has 4 heteroatoms. The molecule has 8 heavy (non-hydrogen) atoms. The molecule has 0 aromatic carbocycles. The minimum absolute atomic E-state index is 1.37. The summed E-state index contributed by atoms with van der Waals surface area (Å²) in [5.74, 6) is -1.43. The molecule has 0 aliphatic carbocycles. The van der Waals surface area contributed by atoms with Crippen LogP contribution in [0, 0.1) is 0 Å². The summed E-state index contributed by atoms with van der Waals surface area (Å²) in [6, 6.07) is 0. The van der Waals surface area contributed by atoms with Gasteiger partial charge < -0.3 is 0 Å². The molecule has 1 heterocycles. The second-order valence-electron chi connectivity index (χ2n) is 1.38. The molecular weight excluding hydrogens is 106 g/mol. The number of nitrogens with two attached hydrogens (primary N) is 1. The number of hydrogen-bond donors (Lipinski definition) is 1. The van der Waals surface area contributed by atoms with Gasteiger partial charge in [-0.25, -0.2) is 9.98 Å². The summed E-state index contributed by atoms with van der Waals surface area (Å²) in [5.41, 5.74) is 5.14. The van der Waals surface area contributed by atoms with Crippen molar-refractivity contribution in [2.45, 2.75) is 5.79 Å². The van der Waals surface area contributed by atoms with E-state index in [-0.39, 0.29) is 0 Å². The van der Waals surface area contributed by atoms with E-state index in [2.05, 4.69) is 9.98 Å². The fourth-order valence-electron chi connectivity index (χ4n) is 0.380. The smallest absolute Gasteiger partial charge is 0.271 e. The van der Waals surface area contributed by atoms with Crippen LogP contribution in [0.25, 0.3) is 0 Å². The summed E-state index contributed by atoms with van der Waals surface area (Å²) in [7, 11) is 0. The highest BCUT2D eigenvalue weighted by atomic mass is 16.1. The van der Waals surface area contributed by atoms with Gasteiger partial charge in [-0.1, -0.05) is 0 Å². The van der Waals surface area contributed by atoms with Crippen LogP contribution in [0.15, 0.2) is 9.98 Å². The number of carbonyl (C=O) groups excluding carboxylic acids is 1. The van der Waals surface area contributed by atoms with E-state index in [0.717, 1.165) is 0 Å². The lowest BCUT2D eigenvalue weighted by Crippen LogP contribution is -2.34. The maximum Gasteiger partial charge on any atom is 0.271 e. The Labute approximate surface area is 46.1 Å². The molecule has 0 atom stereocenters. The monoisotopic (exact) mass is 110 g/mol. The van der Waals surface area contributed by atoms with Crippen LogP contribution in [0.5, 0.6) is 0 Å². The fraction of sp³-hybridized carbons (Fsp3) is 0.250. The van der Waals surface area contributed by atoms with Gasteiger partial charge in [-0.15, -0.1) is 0 Å². The Hall–Kier alpha value is -1.03. The van der Waals surface area contributed by atoms with Gasteiger partial charge in [0, 0.05) is 12.4 Å². The summed E-state index contributed by atoms with van der Waals surface area (Å²) >= 11 is 0. The predicted octanol–water partition coefficient (Wildman–Crippen LogP) is -1.14. The fourth-order valence-corrected chi connectivity index (χ4v) is 0.380. The van der Waals surface area contributed by atoms with Crippen LogP contribution < -0.4 is 5.73 Å². The Balaban J connectivity index is 2.83. The zero-order valence-corrected chi connectivity index (χ0v) is 4.03. The normalized spacial score (nSPS) is 21.6. The van der Waals surface area contributed by atoms with Crippen molar-refractivity contribution >= 4 is 18.7 Å². The first kappa shape index (κ1) is 5.11. The van der Waals surface area contributed by atoms with Gasteiger partial charge in [-0.05, 0) is 0 Å². The molecule has 0 unspecified atom stereocenters. The van der Waals surface area contributed by atoms with Crippen molar-refractivity contribution in [3.05, 3.63) is 0 Å². The zero-order chi connectivity index (χ0) is 6.04. The lowest BCUT2D eigenvalue weighted by Gasteiger charge is -2.03. The molecule has 1 aliphatic rings. The van der Waals surface area contributed by atoms with E-state index >= 15 is 0 Å². The summed E-state index contributed by atoms with van der Waals surface area (Å²) in [6.07, 6.45) is 4.20. The molecule has 1 radical (unpaired) electrons. The molecule has 0 fully saturated rings. The lowest BCUT2D eigenvalue weighted by molar-refractivity contribution is 0.504. The third-order valence-electron chi connectivity index (χ3n) is 0.760. The van der Waals surface area contributed by atoms with Crippen molar-refractivity contribution in [1.29, 1.82) is 0 Å². The van der Waals surface area contributed by atoms with Crippen LogP contribution in [0.2, 0.25) is 0 Å². The van der Waals surface area contributed by atoms with Crippen LogP contribution in [-0.4, -0.2) is 24.5 Å². The Morgan fingerprint density at radius 2 is 2.00 bits per heavy atom. The average molecular weight is 110 g/mol. The number of aliphatic imine (C=N–C) groups is 2. The second kappa shape index (κ2) is 1.48. The van der Waals surface area contributed by atoms with Gasteiger partial charge >= 0.3 is 0 Å². The molecule has 0 spiro atoms. The Bertz CT molecular complexity index is 149. The Kier molecular flexibility index (Phi) is 0.948. The van der Waals surface area contributed by atoms with E-state index in [1.54, 1.807) is 0 Å². The summed E-state index contributed by atoms with van der Waals surface area (Å²) < 4.78 is 0. The molecule has 4 nitrogen and oxygen atoms in total. The molecule has 0 amide bonds. The van der Waals surface area contributed by atoms with Gasteiger partial charge in [0.25, 0.3) is 12.1 Å². The molecular formula is C4H4N3O. The van der Waals surface area contributed by atoms with Crippen LogP contribution in [0.3, 0.4) is 0 Å². The molecule has 1 aliphatic heterocycles. The van der Waals surface area contributed by atoms with E-state index in [4.69, 9.17) is 5.73 Å². The molecule has 0 aromatic rings. The summed E-state index contributed by atoms with van der Waals surface area (Å²) in [6.45, 7) is 0. The molecule has 41 valence electrons. The largest absolute Gasteiger partial charge is 0.284 e. The van der Waals surface area contributed by atoms with E-state index in [0.29, 0.717) is 0 Å². The van der Waals surface area contributed by atoms with Crippen molar-refractivity contribution in [3.8, 4) is 0 Å². The molecule has 0 aromatic heterocycles. The minimum atomic E-state index is -1.43. The first-order valence-electron chi connectivity index (χ1n) is 2.04.